The van der Waals surface area contributed by atoms with E-state index in [1.165, 1.54) is 13.4 Å². The Morgan fingerprint density at radius 1 is 1.12 bits per heavy atom. The molecular formula is C34H34ClN5O8. The molecule has 3 aliphatic heterocycles. The van der Waals surface area contributed by atoms with E-state index in [9.17, 15) is 19.5 Å². The Hall–Kier alpha value is -4.88. The minimum atomic E-state index is -1.32. The van der Waals surface area contributed by atoms with Gasteiger partial charge in [0.2, 0.25) is 23.6 Å². The van der Waals surface area contributed by atoms with Gasteiger partial charge in [-0.25, -0.2) is 14.8 Å². The quantitative estimate of drug-likeness (QED) is 0.216. The van der Waals surface area contributed by atoms with E-state index >= 15 is 0 Å². The van der Waals surface area contributed by atoms with Crippen molar-refractivity contribution in [3.8, 4) is 17.3 Å². The van der Waals surface area contributed by atoms with Crippen molar-refractivity contribution in [2.24, 2.45) is 11.8 Å². The summed E-state index contributed by atoms with van der Waals surface area (Å²) in [7, 11) is 1.24. The molecule has 250 valence electrons. The van der Waals surface area contributed by atoms with Crippen molar-refractivity contribution >= 4 is 35.1 Å². The molecule has 4 bridgehead atoms. The van der Waals surface area contributed by atoms with Crippen LogP contribution in [0.15, 0.2) is 51.5 Å². The standard InChI is InChI=1S/C34H34ClN5O8/c1-14(2)23-31-40-24(30-37-22(13-46-30)32(44)45-5)27(48-31)34-17-8-6-7-9-20(17)38-33(34)47-26-18(34)10-16(11-19(26)35)12-21(28(42)39-23)36-29(43)25(41)15(3)4/h6-11,13-15,21,23,25,33,38,41H,12H2,1-5H3,(H,36,43)(H,39,42)/t21-,23-,25-,33+,34?/m0/s1. The third-order valence-electron chi connectivity index (χ3n) is 9.10. The summed E-state index contributed by atoms with van der Waals surface area (Å²) in [4.78, 5) is 48.7. The summed E-state index contributed by atoms with van der Waals surface area (Å²) in [5.41, 5.74) is 1.77. The average Bonchev–Trinajstić information content (AvgIpc) is 3.83. The number of nitrogens with one attached hydrogen (secondary N) is 3. The van der Waals surface area contributed by atoms with Gasteiger partial charge in [-0.05, 0) is 35.1 Å². The molecule has 2 amide bonds. The van der Waals surface area contributed by atoms with Gasteiger partial charge < -0.3 is 39.4 Å². The van der Waals surface area contributed by atoms with E-state index in [2.05, 4.69) is 20.9 Å². The maximum Gasteiger partial charge on any atom is 0.360 e. The molecule has 0 saturated heterocycles. The molecule has 5 atom stereocenters. The monoisotopic (exact) mass is 675 g/mol. The lowest BCUT2D eigenvalue weighted by Gasteiger charge is -2.29. The molecule has 0 radical (unpaired) electrons. The van der Waals surface area contributed by atoms with Crippen LogP contribution in [-0.4, -0.2) is 58.3 Å². The topological polar surface area (TPSA) is 178 Å². The smallest absolute Gasteiger partial charge is 0.360 e. The Morgan fingerprint density at radius 2 is 1.90 bits per heavy atom. The number of fused-ring (bicyclic) bond motifs is 4. The molecule has 14 heteroatoms. The van der Waals surface area contributed by atoms with Crippen LogP contribution in [0, 0.1) is 11.8 Å². The van der Waals surface area contributed by atoms with E-state index in [1.807, 2.05) is 44.2 Å². The first-order valence-electron chi connectivity index (χ1n) is 15.6. The van der Waals surface area contributed by atoms with Gasteiger partial charge in [0.15, 0.2) is 23.4 Å². The van der Waals surface area contributed by atoms with Gasteiger partial charge in [0.25, 0.3) is 0 Å². The lowest BCUT2D eigenvalue weighted by molar-refractivity contribution is -0.135. The number of nitrogens with zero attached hydrogens (tertiary/aromatic N) is 2. The van der Waals surface area contributed by atoms with Crippen molar-refractivity contribution in [2.75, 3.05) is 12.4 Å². The van der Waals surface area contributed by atoms with Crippen LogP contribution in [0.1, 0.15) is 72.6 Å². The number of benzene rings is 2. The minimum Gasteiger partial charge on any atom is -0.467 e. The number of aliphatic hydroxyl groups excluding tert-OH is 1. The number of carbonyl (C=O) groups excluding carboxylic acids is 3. The summed E-state index contributed by atoms with van der Waals surface area (Å²) in [6.45, 7) is 7.21. The predicted molar refractivity (Wildman–Crippen MR) is 171 cm³/mol. The van der Waals surface area contributed by atoms with Crippen LogP contribution >= 0.6 is 11.6 Å². The summed E-state index contributed by atoms with van der Waals surface area (Å²) in [5, 5.41) is 20.0. The molecule has 13 nitrogen and oxygen atoms in total. The Labute approximate surface area is 280 Å². The van der Waals surface area contributed by atoms with E-state index < -0.39 is 47.6 Å². The van der Waals surface area contributed by atoms with Crippen molar-refractivity contribution in [1.29, 1.82) is 0 Å². The SMILES string of the molecule is COC(=O)c1coc(-c2nc3oc2C24c5ccccc5N[C@@H]2Oc2c(Cl)cc(cc24)C[C@H](NC(=O)[C@@H](O)C(C)C)C(=O)N[C@H]3C(C)C)n1. The first-order chi connectivity index (χ1) is 22.9. The summed E-state index contributed by atoms with van der Waals surface area (Å²) >= 11 is 6.91. The maximum absolute atomic E-state index is 14.0. The van der Waals surface area contributed by atoms with E-state index in [1.54, 1.807) is 19.9 Å². The second-order valence-electron chi connectivity index (χ2n) is 12.9. The van der Waals surface area contributed by atoms with Gasteiger partial charge in [0, 0.05) is 17.7 Å². The number of halogens is 1. The number of methoxy groups -OCH3 is 1. The third-order valence-corrected chi connectivity index (χ3v) is 9.38. The number of aliphatic hydroxyl groups is 1. The van der Waals surface area contributed by atoms with Crippen molar-refractivity contribution in [2.45, 2.75) is 63.9 Å². The molecule has 2 aromatic carbocycles. The molecule has 2 aromatic heterocycles. The second-order valence-corrected chi connectivity index (χ2v) is 13.3. The first-order valence-corrected chi connectivity index (χ1v) is 16.0. The molecular weight excluding hydrogens is 642 g/mol. The normalized spacial score (nSPS) is 22.9. The number of anilines is 1. The van der Waals surface area contributed by atoms with Crippen LogP contribution in [0.4, 0.5) is 5.69 Å². The van der Waals surface area contributed by atoms with Gasteiger partial charge in [-0.15, -0.1) is 0 Å². The highest BCUT2D eigenvalue weighted by Gasteiger charge is 2.61. The van der Waals surface area contributed by atoms with E-state index in [0.29, 0.717) is 22.6 Å². The summed E-state index contributed by atoms with van der Waals surface area (Å²) < 4.78 is 24.0. The van der Waals surface area contributed by atoms with Crippen molar-refractivity contribution in [3.63, 3.8) is 0 Å². The molecule has 1 unspecified atom stereocenters. The number of amides is 2. The largest absolute Gasteiger partial charge is 0.467 e. The molecule has 4 aromatic rings. The molecule has 5 heterocycles. The molecule has 7 rings (SSSR count). The van der Waals surface area contributed by atoms with Gasteiger partial charge in [-0.1, -0.05) is 63.6 Å². The number of hydrogen-bond acceptors (Lipinski definition) is 11. The number of esters is 1. The second kappa shape index (κ2) is 11.7. The van der Waals surface area contributed by atoms with Gasteiger partial charge in [0.1, 0.15) is 35.6 Å². The van der Waals surface area contributed by atoms with Gasteiger partial charge in [-0.2, -0.15) is 0 Å². The summed E-state index contributed by atoms with van der Waals surface area (Å²) in [6, 6.07) is 9.37. The molecule has 1 spiro atoms. The van der Waals surface area contributed by atoms with Gasteiger partial charge in [0.05, 0.1) is 12.1 Å². The van der Waals surface area contributed by atoms with Crippen LogP contribution in [0.3, 0.4) is 0 Å². The van der Waals surface area contributed by atoms with Crippen LogP contribution in [-0.2, 0) is 26.2 Å². The van der Waals surface area contributed by atoms with Crippen LogP contribution in [0.25, 0.3) is 11.6 Å². The average molecular weight is 676 g/mol. The van der Waals surface area contributed by atoms with E-state index in [0.717, 1.165) is 11.3 Å². The lowest BCUT2D eigenvalue weighted by Crippen LogP contribution is -2.52. The lowest BCUT2D eigenvalue weighted by atomic mass is 9.72. The highest BCUT2D eigenvalue weighted by atomic mass is 35.5. The maximum atomic E-state index is 14.0. The first kappa shape index (κ1) is 31.7. The Morgan fingerprint density at radius 3 is 2.62 bits per heavy atom. The summed E-state index contributed by atoms with van der Waals surface area (Å²) in [5.74, 6) is -1.67. The van der Waals surface area contributed by atoms with Crippen molar-refractivity contribution in [1.82, 2.24) is 20.6 Å². The van der Waals surface area contributed by atoms with Crippen LogP contribution < -0.4 is 20.7 Å². The van der Waals surface area contributed by atoms with Crippen molar-refractivity contribution < 1.29 is 37.8 Å². The fraction of sp³-hybridized carbons (Fsp3) is 0.382. The predicted octanol–water partition coefficient (Wildman–Crippen LogP) is 4.12. The molecule has 4 N–H and O–H groups in total. The van der Waals surface area contributed by atoms with Crippen LogP contribution in [0.5, 0.6) is 5.75 Å². The van der Waals surface area contributed by atoms with E-state index in [4.69, 9.17) is 34.9 Å². The Balaban J connectivity index is 1.50. The Bertz CT molecular complexity index is 1950. The number of hydrogen-bond donors (Lipinski definition) is 4. The zero-order valence-corrected chi connectivity index (χ0v) is 27.5. The zero-order chi connectivity index (χ0) is 34.1. The highest BCUT2D eigenvalue weighted by Crippen LogP contribution is 2.60. The Kier molecular flexibility index (Phi) is 7.71. The molecule has 48 heavy (non-hydrogen) atoms. The molecule has 0 fully saturated rings. The number of rotatable bonds is 6. The molecule has 0 aliphatic carbocycles. The number of para-hydroxylation sites is 1. The fourth-order valence-corrected chi connectivity index (χ4v) is 6.93. The highest BCUT2D eigenvalue weighted by molar-refractivity contribution is 6.32. The fourth-order valence-electron chi connectivity index (χ4n) is 6.64. The zero-order valence-electron chi connectivity index (χ0n) is 26.8. The number of carbonyl (C=O) groups is 3. The van der Waals surface area contributed by atoms with Gasteiger partial charge in [-0.3, -0.25) is 9.59 Å². The molecule has 0 saturated carbocycles. The molecule has 3 aliphatic rings. The summed E-state index contributed by atoms with van der Waals surface area (Å²) in [6.07, 6.45) is -0.844. The number of oxazole rings is 2. The third kappa shape index (κ3) is 4.83. The van der Waals surface area contributed by atoms with Gasteiger partial charge >= 0.3 is 5.97 Å². The number of aromatic nitrogens is 2. The van der Waals surface area contributed by atoms with Crippen molar-refractivity contribution in [3.05, 3.63) is 81.7 Å². The van der Waals surface area contributed by atoms with E-state index in [-0.39, 0.29) is 46.4 Å². The number of ether oxygens (including phenoxy) is 2. The minimum absolute atomic E-state index is 0.00914. The van der Waals surface area contributed by atoms with Crippen LogP contribution in [0.2, 0.25) is 5.02 Å².